The van der Waals surface area contributed by atoms with Crippen LogP contribution in [0.25, 0.3) is 0 Å². The summed E-state index contributed by atoms with van der Waals surface area (Å²) >= 11 is 0. The second-order valence-electron chi connectivity index (χ2n) is 7.29. The zero-order valence-electron chi connectivity index (χ0n) is 14.2. The molecule has 1 aromatic rings. The van der Waals surface area contributed by atoms with Gasteiger partial charge in [-0.3, -0.25) is 9.59 Å². The third-order valence-corrected chi connectivity index (χ3v) is 5.60. The summed E-state index contributed by atoms with van der Waals surface area (Å²) in [6.45, 7) is 0.578. The van der Waals surface area contributed by atoms with Crippen LogP contribution in [0.5, 0.6) is 0 Å². The molecule has 2 atom stereocenters. The molecular formula is C19H27NO4. The summed E-state index contributed by atoms with van der Waals surface area (Å²) in [5.74, 6) is -1.12. The van der Waals surface area contributed by atoms with E-state index in [9.17, 15) is 14.7 Å². The van der Waals surface area contributed by atoms with Crippen LogP contribution in [0, 0.1) is 11.8 Å². The van der Waals surface area contributed by atoms with Crippen molar-refractivity contribution >= 4 is 11.9 Å². The minimum atomic E-state index is -0.758. The number of carboxylic acids is 1. The molecule has 2 aliphatic rings. The van der Waals surface area contributed by atoms with Gasteiger partial charge in [0.15, 0.2) is 0 Å². The van der Waals surface area contributed by atoms with E-state index < -0.39 is 5.97 Å². The molecule has 2 aliphatic carbocycles. The van der Waals surface area contributed by atoms with Crippen molar-refractivity contribution in [2.75, 3.05) is 0 Å². The molecule has 2 unspecified atom stereocenters. The Balaban J connectivity index is 1.73. The fourth-order valence-electron chi connectivity index (χ4n) is 4.23. The highest BCUT2D eigenvalue weighted by molar-refractivity contribution is 5.80. The molecule has 24 heavy (non-hydrogen) atoms. The van der Waals surface area contributed by atoms with Gasteiger partial charge in [-0.2, -0.15) is 0 Å². The maximum atomic E-state index is 13.2. The van der Waals surface area contributed by atoms with Gasteiger partial charge in [0.25, 0.3) is 0 Å². The molecule has 5 nitrogen and oxygen atoms in total. The molecule has 0 saturated heterocycles. The van der Waals surface area contributed by atoms with Crippen molar-refractivity contribution in [3.05, 3.63) is 24.2 Å². The Morgan fingerprint density at radius 2 is 1.83 bits per heavy atom. The van der Waals surface area contributed by atoms with Crippen LogP contribution < -0.4 is 0 Å². The molecule has 0 aliphatic heterocycles. The summed E-state index contributed by atoms with van der Waals surface area (Å²) < 4.78 is 5.16. The van der Waals surface area contributed by atoms with Crippen LogP contribution in [-0.2, 0) is 16.1 Å². The van der Waals surface area contributed by atoms with E-state index in [1.165, 1.54) is 19.3 Å². The maximum Gasteiger partial charge on any atom is 0.306 e. The average Bonchev–Trinajstić information content (AvgIpc) is 3.13. The van der Waals surface area contributed by atoms with Gasteiger partial charge in [-0.25, -0.2) is 0 Å². The zero-order valence-corrected chi connectivity index (χ0v) is 14.2. The van der Waals surface area contributed by atoms with E-state index in [1.807, 2.05) is 11.0 Å². The zero-order chi connectivity index (χ0) is 16.9. The molecular weight excluding hydrogens is 306 g/mol. The standard InChI is InChI=1S/C19H27NO4/c21-18(15-5-4-6-16(11-15)19(22)23)20(12-14-9-10-24-13-14)17-7-2-1-3-8-17/h9-10,13,15-17H,1-8,11-12H2,(H,22,23). The minimum absolute atomic E-state index is 0.145. The Morgan fingerprint density at radius 3 is 2.50 bits per heavy atom. The molecule has 132 valence electrons. The van der Waals surface area contributed by atoms with E-state index in [4.69, 9.17) is 4.42 Å². The lowest BCUT2D eigenvalue weighted by molar-refractivity contribution is -0.146. The monoisotopic (exact) mass is 333 g/mol. The van der Waals surface area contributed by atoms with Gasteiger partial charge >= 0.3 is 5.97 Å². The lowest BCUT2D eigenvalue weighted by Crippen LogP contribution is -2.45. The Kier molecular flexibility index (Phi) is 5.59. The molecule has 2 fully saturated rings. The van der Waals surface area contributed by atoms with Crippen LogP contribution in [0.15, 0.2) is 23.0 Å². The molecule has 1 amide bonds. The van der Waals surface area contributed by atoms with E-state index in [0.717, 1.165) is 31.2 Å². The average molecular weight is 333 g/mol. The highest BCUT2D eigenvalue weighted by Crippen LogP contribution is 2.33. The molecule has 0 aromatic carbocycles. The second-order valence-corrected chi connectivity index (χ2v) is 7.29. The van der Waals surface area contributed by atoms with Gasteiger partial charge in [0.05, 0.1) is 18.4 Å². The Morgan fingerprint density at radius 1 is 1.08 bits per heavy atom. The van der Waals surface area contributed by atoms with Crippen LogP contribution in [0.4, 0.5) is 0 Å². The van der Waals surface area contributed by atoms with Gasteiger partial charge in [0, 0.05) is 24.1 Å². The summed E-state index contributed by atoms with van der Waals surface area (Å²) in [5.41, 5.74) is 1.01. The van der Waals surface area contributed by atoms with E-state index in [0.29, 0.717) is 19.4 Å². The molecule has 0 bridgehead atoms. The van der Waals surface area contributed by atoms with Crippen molar-refractivity contribution < 1.29 is 19.1 Å². The number of carbonyl (C=O) groups excluding carboxylic acids is 1. The minimum Gasteiger partial charge on any atom is -0.481 e. The molecule has 2 saturated carbocycles. The largest absolute Gasteiger partial charge is 0.481 e. The van der Waals surface area contributed by atoms with E-state index in [1.54, 1.807) is 12.5 Å². The normalized spacial score (nSPS) is 25.3. The number of aliphatic carboxylic acids is 1. The van der Waals surface area contributed by atoms with Crippen LogP contribution in [0.2, 0.25) is 0 Å². The topological polar surface area (TPSA) is 70.8 Å². The van der Waals surface area contributed by atoms with E-state index in [-0.39, 0.29) is 23.8 Å². The number of hydrogen-bond acceptors (Lipinski definition) is 3. The van der Waals surface area contributed by atoms with Crippen LogP contribution in [0.1, 0.15) is 63.4 Å². The summed E-state index contributed by atoms with van der Waals surface area (Å²) in [5, 5.41) is 9.30. The lowest BCUT2D eigenvalue weighted by Gasteiger charge is -2.38. The number of nitrogens with zero attached hydrogens (tertiary/aromatic N) is 1. The first-order chi connectivity index (χ1) is 11.6. The molecule has 0 radical (unpaired) electrons. The number of rotatable bonds is 5. The summed E-state index contributed by atoms with van der Waals surface area (Å²) in [7, 11) is 0. The van der Waals surface area contributed by atoms with E-state index >= 15 is 0 Å². The first-order valence-corrected chi connectivity index (χ1v) is 9.19. The number of carboxylic acid groups (broad SMARTS) is 1. The molecule has 5 heteroatoms. The summed E-state index contributed by atoms with van der Waals surface area (Å²) in [6, 6.07) is 2.19. The van der Waals surface area contributed by atoms with Gasteiger partial charge in [0.2, 0.25) is 5.91 Å². The van der Waals surface area contributed by atoms with Crippen molar-refractivity contribution in [1.29, 1.82) is 0 Å². The predicted octanol–water partition coefficient (Wildman–Crippen LogP) is 3.83. The summed E-state index contributed by atoms with van der Waals surface area (Å²) in [6.07, 6.45) is 11.9. The Bertz CT molecular complexity index is 548. The number of furan rings is 1. The SMILES string of the molecule is O=C(O)C1CCCC(C(=O)N(Cc2ccoc2)C2CCCCC2)C1. The predicted molar refractivity (Wildman–Crippen MR) is 89.2 cm³/mol. The number of carbonyl (C=O) groups is 2. The Labute approximate surface area is 143 Å². The van der Waals surface area contributed by atoms with Crippen molar-refractivity contribution in [3.63, 3.8) is 0 Å². The first kappa shape index (κ1) is 17.1. The van der Waals surface area contributed by atoms with Crippen molar-refractivity contribution in [3.8, 4) is 0 Å². The van der Waals surface area contributed by atoms with Gasteiger partial charge in [-0.05, 0) is 38.2 Å². The third kappa shape index (κ3) is 4.00. The number of amides is 1. The van der Waals surface area contributed by atoms with Gasteiger partial charge in [-0.15, -0.1) is 0 Å². The van der Waals surface area contributed by atoms with Gasteiger partial charge in [0.1, 0.15) is 0 Å². The third-order valence-electron chi connectivity index (χ3n) is 5.60. The van der Waals surface area contributed by atoms with Gasteiger partial charge < -0.3 is 14.4 Å². The smallest absolute Gasteiger partial charge is 0.306 e. The fraction of sp³-hybridized carbons (Fsp3) is 0.684. The molecule has 3 rings (SSSR count). The first-order valence-electron chi connectivity index (χ1n) is 9.19. The molecule has 0 spiro atoms. The van der Waals surface area contributed by atoms with E-state index in [2.05, 4.69) is 0 Å². The lowest BCUT2D eigenvalue weighted by atomic mass is 9.80. The quantitative estimate of drug-likeness (QED) is 0.889. The van der Waals surface area contributed by atoms with Crippen LogP contribution in [0.3, 0.4) is 0 Å². The maximum absolute atomic E-state index is 13.2. The number of hydrogen-bond donors (Lipinski definition) is 1. The second kappa shape index (κ2) is 7.86. The molecule has 1 heterocycles. The molecule has 1 aromatic heterocycles. The fourth-order valence-corrected chi connectivity index (χ4v) is 4.23. The van der Waals surface area contributed by atoms with Crippen molar-refractivity contribution in [2.24, 2.45) is 11.8 Å². The van der Waals surface area contributed by atoms with Crippen molar-refractivity contribution in [2.45, 2.75) is 70.4 Å². The van der Waals surface area contributed by atoms with Crippen LogP contribution in [-0.4, -0.2) is 27.9 Å². The molecule has 1 N–H and O–H groups in total. The highest BCUT2D eigenvalue weighted by Gasteiger charge is 2.35. The summed E-state index contributed by atoms with van der Waals surface area (Å²) in [4.78, 5) is 26.5. The van der Waals surface area contributed by atoms with Crippen LogP contribution >= 0.6 is 0 Å². The Hall–Kier alpha value is -1.78. The van der Waals surface area contributed by atoms with Gasteiger partial charge in [-0.1, -0.05) is 25.7 Å². The highest BCUT2D eigenvalue weighted by atomic mass is 16.4. The van der Waals surface area contributed by atoms with Crippen molar-refractivity contribution in [1.82, 2.24) is 4.90 Å².